The SMILES string of the molecule is COc1ccc(C(CC(=O)O)N2CCS(=O)(=O)CC2)cc1. The summed E-state index contributed by atoms with van der Waals surface area (Å²) in [7, 11) is -1.41. The number of hydrogen-bond acceptors (Lipinski definition) is 5. The maximum Gasteiger partial charge on any atom is 0.305 e. The van der Waals surface area contributed by atoms with E-state index >= 15 is 0 Å². The van der Waals surface area contributed by atoms with Crippen LogP contribution in [0.1, 0.15) is 18.0 Å². The second-order valence-corrected chi connectivity index (χ2v) is 7.38. The van der Waals surface area contributed by atoms with E-state index in [1.165, 1.54) is 0 Å². The first kappa shape index (κ1) is 15.8. The van der Waals surface area contributed by atoms with Crippen LogP contribution in [0.3, 0.4) is 0 Å². The molecular weight excluding hydrogens is 294 g/mol. The van der Waals surface area contributed by atoms with Gasteiger partial charge in [-0.3, -0.25) is 9.69 Å². The molecule has 1 fully saturated rings. The number of ether oxygens (including phenoxy) is 1. The zero-order valence-corrected chi connectivity index (χ0v) is 12.7. The highest BCUT2D eigenvalue weighted by Gasteiger charge is 2.29. The Morgan fingerprint density at radius 2 is 1.86 bits per heavy atom. The highest BCUT2D eigenvalue weighted by molar-refractivity contribution is 7.91. The molecule has 0 radical (unpaired) electrons. The molecule has 2 rings (SSSR count). The molecule has 1 aliphatic heterocycles. The van der Waals surface area contributed by atoms with E-state index in [9.17, 15) is 13.2 Å². The summed E-state index contributed by atoms with van der Waals surface area (Å²) in [6.45, 7) is 0.735. The zero-order valence-electron chi connectivity index (χ0n) is 11.9. The van der Waals surface area contributed by atoms with Gasteiger partial charge in [0.05, 0.1) is 25.0 Å². The summed E-state index contributed by atoms with van der Waals surface area (Å²) in [5, 5.41) is 9.11. The third-order valence-electron chi connectivity index (χ3n) is 3.69. The average Bonchev–Trinajstić information content (AvgIpc) is 2.45. The minimum Gasteiger partial charge on any atom is -0.497 e. The van der Waals surface area contributed by atoms with Gasteiger partial charge in [0.1, 0.15) is 5.75 Å². The molecular formula is C14H19NO5S. The van der Waals surface area contributed by atoms with Gasteiger partial charge in [-0.2, -0.15) is 0 Å². The van der Waals surface area contributed by atoms with Crippen molar-refractivity contribution in [2.24, 2.45) is 0 Å². The maximum atomic E-state index is 11.5. The van der Waals surface area contributed by atoms with Crippen LogP contribution in [0.15, 0.2) is 24.3 Å². The summed E-state index contributed by atoms with van der Waals surface area (Å²) in [6.07, 6.45) is -0.0492. The Balaban J connectivity index is 2.19. The minimum atomic E-state index is -2.98. The summed E-state index contributed by atoms with van der Waals surface area (Å²) >= 11 is 0. The number of carbonyl (C=O) groups is 1. The second-order valence-electron chi connectivity index (χ2n) is 5.07. The van der Waals surface area contributed by atoms with E-state index in [1.54, 1.807) is 19.2 Å². The summed E-state index contributed by atoms with van der Waals surface area (Å²) in [6, 6.07) is 6.91. The van der Waals surface area contributed by atoms with Crippen LogP contribution in [0, 0.1) is 0 Å². The van der Waals surface area contributed by atoms with Gasteiger partial charge in [0.25, 0.3) is 0 Å². The number of nitrogens with zero attached hydrogens (tertiary/aromatic N) is 1. The largest absolute Gasteiger partial charge is 0.497 e. The van der Waals surface area contributed by atoms with Gasteiger partial charge in [-0.25, -0.2) is 8.42 Å². The summed E-state index contributed by atoms with van der Waals surface area (Å²) in [4.78, 5) is 13.0. The van der Waals surface area contributed by atoms with E-state index in [4.69, 9.17) is 9.84 Å². The Kier molecular flexibility index (Phi) is 4.84. The third-order valence-corrected chi connectivity index (χ3v) is 5.30. The number of hydrogen-bond donors (Lipinski definition) is 1. The van der Waals surface area contributed by atoms with Crippen LogP contribution in [0.2, 0.25) is 0 Å². The van der Waals surface area contributed by atoms with Crippen molar-refractivity contribution in [3.63, 3.8) is 0 Å². The van der Waals surface area contributed by atoms with Gasteiger partial charge in [-0.15, -0.1) is 0 Å². The first-order valence-corrected chi connectivity index (χ1v) is 8.53. The number of carboxylic acids is 1. The lowest BCUT2D eigenvalue weighted by Crippen LogP contribution is -2.42. The molecule has 0 saturated carbocycles. The molecule has 0 bridgehead atoms. The van der Waals surface area contributed by atoms with Gasteiger partial charge < -0.3 is 9.84 Å². The first-order chi connectivity index (χ1) is 9.91. The molecule has 1 unspecified atom stereocenters. The quantitative estimate of drug-likeness (QED) is 0.871. The van der Waals surface area contributed by atoms with E-state index in [-0.39, 0.29) is 24.0 Å². The number of sulfone groups is 1. The van der Waals surface area contributed by atoms with Crippen LogP contribution in [0.25, 0.3) is 0 Å². The summed E-state index contributed by atoms with van der Waals surface area (Å²) in [5.74, 6) is -0.0308. The lowest BCUT2D eigenvalue weighted by molar-refractivity contribution is -0.138. The van der Waals surface area contributed by atoms with E-state index < -0.39 is 15.8 Å². The molecule has 0 aromatic heterocycles. The van der Waals surface area contributed by atoms with Gasteiger partial charge in [0.2, 0.25) is 0 Å². The van der Waals surface area contributed by atoms with Crippen molar-refractivity contribution in [2.75, 3.05) is 31.7 Å². The monoisotopic (exact) mass is 313 g/mol. The lowest BCUT2D eigenvalue weighted by atomic mass is 10.0. The zero-order chi connectivity index (χ0) is 15.5. The standard InChI is InChI=1S/C14H19NO5S/c1-20-12-4-2-11(3-5-12)13(10-14(16)17)15-6-8-21(18,19)9-7-15/h2-5,13H,6-10H2,1H3,(H,16,17). The molecule has 7 heteroatoms. The fourth-order valence-corrected chi connectivity index (χ4v) is 3.72. The Morgan fingerprint density at radius 3 is 2.33 bits per heavy atom. The van der Waals surface area contributed by atoms with Crippen LogP contribution in [0.4, 0.5) is 0 Å². The molecule has 1 aliphatic rings. The molecule has 1 saturated heterocycles. The van der Waals surface area contributed by atoms with Gasteiger partial charge in [-0.05, 0) is 17.7 Å². The van der Waals surface area contributed by atoms with Crippen molar-refractivity contribution in [3.05, 3.63) is 29.8 Å². The maximum absolute atomic E-state index is 11.5. The molecule has 1 aromatic rings. The predicted molar refractivity (Wildman–Crippen MR) is 78.2 cm³/mol. The van der Waals surface area contributed by atoms with E-state index in [1.807, 2.05) is 17.0 Å². The number of aliphatic carboxylic acids is 1. The smallest absolute Gasteiger partial charge is 0.305 e. The Labute approximate surface area is 124 Å². The molecule has 0 spiro atoms. The fourth-order valence-electron chi connectivity index (χ4n) is 2.49. The second kappa shape index (κ2) is 6.44. The van der Waals surface area contributed by atoms with Crippen LogP contribution in [-0.4, -0.2) is 56.1 Å². The lowest BCUT2D eigenvalue weighted by Gasteiger charge is -2.34. The molecule has 1 atom stereocenters. The molecule has 0 aliphatic carbocycles. The Morgan fingerprint density at radius 1 is 1.29 bits per heavy atom. The van der Waals surface area contributed by atoms with Crippen molar-refractivity contribution in [1.29, 1.82) is 0 Å². The third kappa shape index (κ3) is 4.18. The highest BCUT2D eigenvalue weighted by Crippen LogP contribution is 2.27. The average molecular weight is 313 g/mol. The summed E-state index contributed by atoms with van der Waals surface area (Å²) in [5.41, 5.74) is 0.859. The highest BCUT2D eigenvalue weighted by atomic mass is 32.2. The van der Waals surface area contributed by atoms with Crippen molar-refractivity contribution in [2.45, 2.75) is 12.5 Å². The molecule has 116 valence electrons. The molecule has 6 nitrogen and oxygen atoms in total. The minimum absolute atomic E-state index is 0.0492. The summed E-state index contributed by atoms with van der Waals surface area (Å²) < 4.78 is 28.1. The molecule has 1 aromatic carbocycles. The van der Waals surface area contributed by atoms with Gasteiger partial charge in [0.15, 0.2) is 9.84 Å². The van der Waals surface area contributed by atoms with Crippen molar-refractivity contribution in [3.8, 4) is 5.75 Å². The van der Waals surface area contributed by atoms with Gasteiger partial charge >= 0.3 is 5.97 Å². The van der Waals surface area contributed by atoms with Crippen LogP contribution in [0.5, 0.6) is 5.75 Å². The van der Waals surface area contributed by atoms with Crippen molar-refractivity contribution in [1.82, 2.24) is 4.90 Å². The first-order valence-electron chi connectivity index (χ1n) is 6.71. The number of rotatable bonds is 5. The number of carboxylic acid groups (broad SMARTS) is 1. The van der Waals surface area contributed by atoms with E-state index in [0.29, 0.717) is 18.8 Å². The van der Waals surface area contributed by atoms with Gasteiger partial charge in [0, 0.05) is 19.1 Å². The van der Waals surface area contributed by atoms with Crippen LogP contribution >= 0.6 is 0 Å². The topological polar surface area (TPSA) is 83.9 Å². The van der Waals surface area contributed by atoms with Gasteiger partial charge in [-0.1, -0.05) is 12.1 Å². The number of methoxy groups -OCH3 is 1. The van der Waals surface area contributed by atoms with Crippen molar-refractivity contribution >= 4 is 15.8 Å². The molecule has 21 heavy (non-hydrogen) atoms. The van der Waals surface area contributed by atoms with E-state index in [0.717, 1.165) is 5.56 Å². The fraction of sp³-hybridized carbons (Fsp3) is 0.500. The normalized spacial score (nSPS) is 19.9. The van der Waals surface area contributed by atoms with E-state index in [2.05, 4.69) is 0 Å². The Bertz CT molecular complexity index is 582. The predicted octanol–water partition coefficient (Wildman–Crippen LogP) is 0.941. The van der Waals surface area contributed by atoms with Crippen LogP contribution < -0.4 is 4.74 Å². The molecule has 1 N–H and O–H groups in total. The molecule has 0 amide bonds. The van der Waals surface area contributed by atoms with Crippen molar-refractivity contribution < 1.29 is 23.1 Å². The van der Waals surface area contributed by atoms with Crippen LogP contribution in [-0.2, 0) is 14.6 Å². The number of benzene rings is 1. The Hall–Kier alpha value is -1.60. The molecule has 1 heterocycles.